The molecule has 0 N–H and O–H groups in total. The lowest BCUT2D eigenvalue weighted by Gasteiger charge is -2.37. The van der Waals surface area contributed by atoms with Gasteiger partial charge in [0.05, 0.1) is 13.2 Å². The molecule has 1 fully saturated rings. The van der Waals surface area contributed by atoms with Crippen LogP contribution in [0.1, 0.15) is 23.6 Å². The number of ether oxygens (including phenoxy) is 1. The zero-order valence-electron chi connectivity index (χ0n) is 16.0. The van der Waals surface area contributed by atoms with Crippen LogP contribution in [0.25, 0.3) is 0 Å². The largest absolute Gasteiger partial charge is 0.497 e. The number of carbonyl (C=O) groups is 1. The van der Waals surface area contributed by atoms with Gasteiger partial charge in [0, 0.05) is 38.2 Å². The van der Waals surface area contributed by atoms with Gasteiger partial charge < -0.3 is 9.64 Å². The molecule has 0 spiro atoms. The fourth-order valence-corrected chi connectivity index (χ4v) is 3.48. The Kier molecular flexibility index (Phi) is 6.62. The van der Waals surface area contributed by atoms with Crippen LogP contribution in [0.5, 0.6) is 5.75 Å². The van der Waals surface area contributed by atoms with Crippen molar-refractivity contribution in [1.29, 1.82) is 5.26 Å². The molecule has 1 atom stereocenters. The number of rotatable bonds is 6. The summed E-state index contributed by atoms with van der Waals surface area (Å²) in [6.07, 6.45) is 1.13. The summed E-state index contributed by atoms with van der Waals surface area (Å²) < 4.78 is 19.2. The molecule has 1 amide bonds. The summed E-state index contributed by atoms with van der Waals surface area (Å²) >= 11 is 0. The number of carbonyl (C=O) groups excluding carboxylic acids is 1. The third-order valence-electron chi connectivity index (χ3n) is 5.14. The van der Waals surface area contributed by atoms with Crippen LogP contribution >= 0.6 is 0 Å². The smallest absolute Gasteiger partial charge is 0.222 e. The van der Waals surface area contributed by atoms with Crippen LogP contribution in [0, 0.1) is 17.1 Å². The van der Waals surface area contributed by atoms with E-state index in [4.69, 9.17) is 4.74 Å². The van der Waals surface area contributed by atoms with E-state index in [0.717, 1.165) is 11.3 Å². The van der Waals surface area contributed by atoms with Crippen LogP contribution in [0.4, 0.5) is 4.39 Å². The first-order chi connectivity index (χ1) is 13.6. The molecule has 146 valence electrons. The first-order valence-electron chi connectivity index (χ1n) is 9.41. The third-order valence-corrected chi connectivity index (χ3v) is 5.14. The SMILES string of the molecule is COc1ccc(CCC(=O)N2CCN(C(C#N)c3ccccc3F)CC2)cc1. The Morgan fingerprint density at radius 3 is 2.43 bits per heavy atom. The second-order valence-corrected chi connectivity index (χ2v) is 6.82. The van der Waals surface area contributed by atoms with Crippen molar-refractivity contribution in [1.82, 2.24) is 9.80 Å². The maximum absolute atomic E-state index is 14.0. The van der Waals surface area contributed by atoms with E-state index in [1.54, 1.807) is 25.3 Å². The highest BCUT2D eigenvalue weighted by Gasteiger charge is 2.28. The molecule has 0 bridgehead atoms. The van der Waals surface area contributed by atoms with Crippen molar-refractivity contribution in [2.75, 3.05) is 33.3 Å². The lowest BCUT2D eigenvalue weighted by molar-refractivity contribution is -0.133. The number of benzene rings is 2. The molecule has 0 aromatic heterocycles. The molecule has 1 heterocycles. The predicted octanol–water partition coefficient (Wildman–Crippen LogP) is 3.18. The maximum atomic E-state index is 14.0. The molecule has 2 aromatic rings. The lowest BCUT2D eigenvalue weighted by atomic mass is 10.0. The molecule has 0 radical (unpaired) electrons. The van der Waals surface area contributed by atoms with Crippen LogP contribution < -0.4 is 4.74 Å². The van der Waals surface area contributed by atoms with E-state index >= 15 is 0 Å². The molecule has 1 aliphatic heterocycles. The quantitative estimate of drug-likeness (QED) is 0.771. The van der Waals surface area contributed by atoms with Gasteiger partial charge in [-0.1, -0.05) is 30.3 Å². The van der Waals surface area contributed by atoms with E-state index in [9.17, 15) is 14.4 Å². The molecular formula is C22H24FN3O2. The minimum Gasteiger partial charge on any atom is -0.497 e. The van der Waals surface area contributed by atoms with Crippen molar-refractivity contribution < 1.29 is 13.9 Å². The van der Waals surface area contributed by atoms with E-state index in [1.807, 2.05) is 34.1 Å². The van der Waals surface area contributed by atoms with Crippen LogP contribution in [-0.2, 0) is 11.2 Å². The molecular weight excluding hydrogens is 357 g/mol. The summed E-state index contributed by atoms with van der Waals surface area (Å²) in [5.41, 5.74) is 1.49. The van der Waals surface area contributed by atoms with Crippen LogP contribution in [0.3, 0.4) is 0 Å². The van der Waals surface area contributed by atoms with Crippen LogP contribution in [0.2, 0.25) is 0 Å². The standard InChI is InChI=1S/C22H24FN3O2/c1-28-18-9-6-17(7-10-18)8-11-22(27)26-14-12-25(13-15-26)21(16-24)19-4-2-3-5-20(19)23/h2-7,9-10,21H,8,11-15H2,1H3. The minimum atomic E-state index is -0.627. The first kappa shape index (κ1) is 19.8. The van der Waals surface area contributed by atoms with Gasteiger partial charge in [0.25, 0.3) is 0 Å². The molecule has 3 rings (SSSR count). The molecule has 1 unspecified atom stereocenters. The Hall–Kier alpha value is -2.91. The second kappa shape index (κ2) is 9.34. The van der Waals surface area contributed by atoms with E-state index < -0.39 is 6.04 Å². The fraction of sp³-hybridized carbons (Fsp3) is 0.364. The van der Waals surface area contributed by atoms with Gasteiger partial charge in [0.2, 0.25) is 5.91 Å². The number of hydrogen-bond acceptors (Lipinski definition) is 4. The van der Waals surface area contributed by atoms with Crippen molar-refractivity contribution in [3.05, 3.63) is 65.5 Å². The second-order valence-electron chi connectivity index (χ2n) is 6.82. The normalized spacial score (nSPS) is 15.7. The van der Waals surface area contributed by atoms with E-state index in [1.165, 1.54) is 6.07 Å². The summed E-state index contributed by atoms with van der Waals surface area (Å²) in [5.74, 6) is 0.537. The Bertz CT molecular complexity index is 840. The minimum absolute atomic E-state index is 0.106. The Labute approximate surface area is 164 Å². The van der Waals surface area contributed by atoms with Crippen molar-refractivity contribution in [2.45, 2.75) is 18.9 Å². The van der Waals surface area contributed by atoms with Crippen molar-refractivity contribution in [3.8, 4) is 11.8 Å². The predicted molar refractivity (Wildman–Crippen MR) is 104 cm³/mol. The van der Waals surface area contributed by atoms with Gasteiger partial charge in [-0.25, -0.2) is 4.39 Å². The van der Waals surface area contributed by atoms with E-state index in [0.29, 0.717) is 44.6 Å². The molecule has 1 saturated heterocycles. The first-order valence-corrected chi connectivity index (χ1v) is 9.41. The topological polar surface area (TPSA) is 56.6 Å². The summed E-state index contributed by atoms with van der Waals surface area (Å²) in [5, 5.41) is 9.53. The molecule has 0 aliphatic carbocycles. The van der Waals surface area contributed by atoms with Gasteiger partial charge >= 0.3 is 0 Å². The summed E-state index contributed by atoms with van der Waals surface area (Å²) in [7, 11) is 1.63. The average molecular weight is 381 g/mol. The fourth-order valence-electron chi connectivity index (χ4n) is 3.48. The number of methoxy groups -OCH3 is 1. The Balaban J connectivity index is 1.52. The van der Waals surface area contributed by atoms with E-state index in [-0.39, 0.29) is 11.7 Å². The molecule has 1 aliphatic rings. The highest BCUT2D eigenvalue weighted by atomic mass is 19.1. The van der Waals surface area contributed by atoms with Gasteiger partial charge in [0.15, 0.2) is 0 Å². The lowest BCUT2D eigenvalue weighted by Crippen LogP contribution is -2.49. The van der Waals surface area contributed by atoms with Crippen molar-refractivity contribution in [3.63, 3.8) is 0 Å². The molecule has 28 heavy (non-hydrogen) atoms. The van der Waals surface area contributed by atoms with Crippen molar-refractivity contribution in [2.24, 2.45) is 0 Å². The molecule has 5 nitrogen and oxygen atoms in total. The highest BCUT2D eigenvalue weighted by molar-refractivity contribution is 5.76. The number of nitrogens with zero attached hydrogens (tertiary/aromatic N) is 3. The summed E-state index contributed by atoms with van der Waals surface area (Å²) in [6.45, 7) is 2.21. The Morgan fingerprint density at radius 1 is 1.14 bits per heavy atom. The average Bonchev–Trinajstić information content (AvgIpc) is 2.74. The number of hydrogen-bond donors (Lipinski definition) is 0. The van der Waals surface area contributed by atoms with Crippen LogP contribution in [0.15, 0.2) is 48.5 Å². The van der Waals surface area contributed by atoms with Gasteiger partial charge in [-0.2, -0.15) is 5.26 Å². The highest BCUT2D eigenvalue weighted by Crippen LogP contribution is 2.24. The number of piperazine rings is 1. The van der Waals surface area contributed by atoms with Gasteiger partial charge in [0.1, 0.15) is 17.6 Å². The van der Waals surface area contributed by atoms with Crippen molar-refractivity contribution >= 4 is 5.91 Å². The molecule has 6 heteroatoms. The number of halogens is 1. The zero-order chi connectivity index (χ0) is 19.9. The molecule has 0 saturated carbocycles. The van der Waals surface area contributed by atoms with Gasteiger partial charge in [-0.3, -0.25) is 9.69 Å². The number of aryl methyl sites for hydroxylation is 1. The number of nitriles is 1. The van der Waals surface area contributed by atoms with Crippen LogP contribution in [-0.4, -0.2) is 49.0 Å². The molecule has 2 aromatic carbocycles. The van der Waals surface area contributed by atoms with E-state index in [2.05, 4.69) is 6.07 Å². The zero-order valence-corrected chi connectivity index (χ0v) is 16.0. The van der Waals surface area contributed by atoms with Gasteiger partial charge in [-0.15, -0.1) is 0 Å². The monoisotopic (exact) mass is 381 g/mol. The number of amides is 1. The van der Waals surface area contributed by atoms with Gasteiger partial charge in [-0.05, 0) is 30.2 Å². The Morgan fingerprint density at radius 2 is 1.82 bits per heavy atom. The summed E-state index contributed by atoms with van der Waals surface area (Å²) in [4.78, 5) is 16.3. The summed E-state index contributed by atoms with van der Waals surface area (Å²) in [6, 6.07) is 15.7. The third kappa shape index (κ3) is 4.68. The maximum Gasteiger partial charge on any atom is 0.222 e.